The standard InChI is InChI=1S/C22H19BrN2/c23-19-13-7-12-18(14-19)22-24-20(16-8-3-1-4-9-16)15-21(25-22)17-10-5-2-6-11-17/h1,3-5,7-13,15,19H,2,6,14H2. The van der Waals surface area contributed by atoms with Crippen LogP contribution in [0.4, 0.5) is 0 Å². The van der Waals surface area contributed by atoms with Crippen molar-refractivity contribution in [3.63, 3.8) is 0 Å². The summed E-state index contributed by atoms with van der Waals surface area (Å²) in [5.74, 6) is 0.824. The SMILES string of the molecule is BrC1C=CC=C(c2nc(C3=CCCC=C3)cc(-c3ccccc3)n2)C1. The van der Waals surface area contributed by atoms with Crippen molar-refractivity contribution in [2.24, 2.45) is 0 Å². The van der Waals surface area contributed by atoms with Gasteiger partial charge < -0.3 is 0 Å². The minimum atomic E-state index is 0.341. The highest BCUT2D eigenvalue weighted by Crippen LogP contribution is 2.30. The summed E-state index contributed by atoms with van der Waals surface area (Å²) >= 11 is 3.68. The fraction of sp³-hybridized carbons (Fsp3) is 0.182. The third-order valence-corrected chi connectivity index (χ3v) is 5.03. The van der Waals surface area contributed by atoms with Crippen LogP contribution in [0, 0.1) is 0 Å². The molecule has 2 aliphatic carbocycles. The molecule has 2 aliphatic rings. The highest BCUT2D eigenvalue weighted by Gasteiger charge is 2.16. The minimum Gasteiger partial charge on any atom is -0.228 e. The smallest absolute Gasteiger partial charge is 0.156 e. The van der Waals surface area contributed by atoms with Crippen molar-refractivity contribution in [2.45, 2.75) is 24.1 Å². The second-order valence-electron chi connectivity index (χ2n) is 6.26. The Morgan fingerprint density at radius 3 is 2.60 bits per heavy atom. The Labute approximate surface area is 156 Å². The van der Waals surface area contributed by atoms with Gasteiger partial charge in [0.1, 0.15) is 0 Å². The molecule has 3 heteroatoms. The lowest BCUT2D eigenvalue weighted by molar-refractivity contribution is 1.01. The fourth-order valence-corrected chi connectivity index (χ4v) is 3.63. The van der Waals surface area contributed by atoms with Gasteiger partial charge in [0.2, 0.25) is 0 Å². The zero-order valence-electron chi connectivity index (χ0n) is 13.9. The van der Waals surface area contributed by atoms with Crippen LogP contribution in [-0.4, -0.2) is 14.8 Å². The molecule has 0 aliphatic heterocycles. The summed E-state index contributed by atoms with van der Waals surface area (Å²) in [5.41, 5.74) is 5.46. The molecule has 0 N–H and O–H groups in total. The third kappa shape index (κ3) is 3.72. The molecule has 1 heterocycles. The normalized spacial score (nSPS) is 19.5. The average molecular weight is 391 g/mol. The molecule has 1 unspecified atom stereocenters. The van der Waals surface area contributed by atoms with Gasteiger partial charge in [-0.2, -0.15) is 0 Å². The summed E-state index contributed by atoms with van der Waals surface area (Å²) in [5, 5.41) is 0. The Morgan fingerprint density at radius 1 is 1.00 bits per heavy atom. The zero-order chi connectivity index (χ0) is 17.1. The number of aromatic nitrogens is 2. The van der Waals surface area contributed by atoms with Crippen LogP contribution in [-0.2, 0) is 0 Å². The van der Waals surface area contributed by atoms with Gasteiger partial charge in [-0.1, -0.05) is 82.7 Å². The van der Waals surface area contributed by atoms with Gasteiger partial charge >= 0.3 is 0 Å². The number of halogens is 1. The van der Waals surface area contributed by atoms with Gasteiger partial charge in [-0.05, 0) is 36.5 Å². The molecule has 0 radical (unpaired) electrons. The second kappa shape index (κ2) is 7.32. The first-order valence-corrected chi connectivity index (χ1v) is 9.54. The molecule has 0 fully saturated rings. The molecule has 0 saturated heterocycles. The number of hydrogen-bond donors (Lipinski definition) is 0. The van der Waals surface area contributed by atoms with E-state index in [-0.39, 0.29) is 0 Å². The molecular formula is C22H19BrN2. The van der Waals surface area contributed by atoms with Crippen molar-refractivity contribution < 1.29 is 0 Å². The molecule has 0 spiro atoms. The fourth-order valence-electron chi connectivity index (χ4n) is 3.10. The zero-order valence-corrected chi connectivity index (χ0v) is 15.5. The van der Waals surface area contributed by atoms with E-state index in [1.54, 1.807) is 0 Å². The van der Waals surface area contributed by atoms with Crippen molar-refractivity contribution in [3.8, 4) is 11.3 Å². The predicted molar refractivity (Wildman–Crippen MR) is 108 cm³/mol. The molecular weight excluding hydrogens is 372 g/mol. The van der Waals surface area contributed by atoms with E-state index in [0.29, 0.717) is 4.83 Å². The minimum absolute atomic E-state index is 0.341. The van der Waals surface area contributed by atoms with Crippen LogP contribution in [0.5, 0.6) is 0 Å². The van der Waals surface area contributed by atoms with Crippen LogP contribution >= 0.6 is 15.9 Å². The van der Waals surface area contributed by atoms with Crippen LogP contribution in [0.3, 0.4) is 0 Å². The lowest BCUT2D eigenvalue weighted by atomic mass is 10.0. The number of benzene rings is 1. The van der Waals surface area contributed by atoms with Gasteiger partial charge in [-0.15, -0.1) is 0 Å². The third-order valence-electron chi connectivity index (χ3n) is 4.41. The monoisotopic (exact) mass is 390 g/mol. The molecule has 2 aromatic rings. The summed E-state index contributed by atoms with van der Waals surface area (Å²) in [4.78, 5) is 10.1. The number of nitrogens with zero attached hydrogens (tertiary/aromatic N) is 2. The summed E-state index contributed by atoms with van der Waals surface area (Å²) in [6, 6.07) is 12.4. The molecule has 0 bridgehead atoms. The quantitative estimate of drug-likeness (QED) is 0.601. The van der Waals surface area contributed by atoms with Gasteiger partial charge in [-0.25, -0.2) is 9.97 Å². The van der Waals surface area contributed by atoms with Gasteiger partial charge in [-0.3, -0.25) is 0 Å². The maximum absolute atomic E-state index is 4.89. The van der Waals surface area contributed by atoms with Gasteiger partial charge in [0.15, 0.2) is 5.82 Å². The molecule has 1 aromatic carbocycles. The highest BCUT2D eigenvalue weighted by molar-refractivity contribution is 9.09. The van der Waals surface area contributed by atoms with Gasteiger partial charge in [0.05, 0.1) is 11.4 Å². The molecule has 1 aromatic heterocycles. The molecule has 4 rings (SSSR count). The van der Waals surface area contributed by atoms with E-state index in [1.807, 2.05) is 18.2 Å². The Morgan fingerprint density at radius 2 is 1.84 bits per heavy atom. The number of alkyl halides is 1. The first-order chi connectivity index (χ1) is 12.3. The molecule has 1 atom stereocenters. The molecule has 0 amide bonds. The number of allylic oxidation sites excluding steroid dienone is 8. The van der Waals surface area contributed by atoms with Crippen LogP contribution in [0.1, 0.15) is 30.8 Å². The molecule has 25 heavy (non-hydrogen) atoms. The molecule has 124 valence electrons. The Kier molecular flexibility index (Phi) is 4.75. The topological polar surface area (TPSA) is 25.8 Å². The van der Waals surface area contributed by atoms with Crippen molar-refractivity contribution in [3.05, 3.63) is 84.4 Å². The second-order valence-corrected chi connectivity index (χ2v) is 7.44. The lowest BCUT2D eigenvalue weighted by Gasteiger charge is -2.15. The van der Waals surface area contributed by atoms with E-state index in [4.69, 9.17) is 9.97 Å². The van der Waals surface area contributed by atoms with Crippen LogP contribution in [0.2, 0.25) is 0 Å². The molecule has 0 saturated carbocycles. The molecule has 2 nitrogen and oxygen atoms in total. The Hall–Kier alpha value is -2.26. The average Bonchev–Trinajstić information content (AvgIpc) is 2.69. The summed E-state index contributed by atoms with van der Waals surface area (Å²) < 4.78 is 0. The van der Waals surface area contributed by atoms with Crippen LogP contribution in [0.25, 0.3) is 22.4 Å². The first kappa shape index (κ1) is 16.2. The van der Waals surface area contributed by atoms with Crippen LogP contribution in [0.15, 0.2) is 72.9 Å². The van der Waals surface area contributed by atoms with Crippen molar-refractivity contribution in [1.29, 1.82) is 0 Å². The van der Waals surface area contributed by atoms with Crippen molar-refractivity contribution in [1.82, 2.24) is 9.97 Å². The largest absolute Gasteiger partial charge is 0.228 e. The highest BCUT2D eigenvalue weighted by atomic mass is 79.9. The maximum atomic E-state index is 4.89. The first-order valence-electron chi connectivity index (χ1n) is 8.63. The van der Waals surface area contributed by atoms with Gasteiger partial charge in [0.25, 0.3) is 0 Å². The van der Waals surface area contributed by atoms with E-state index < -0.39 is 0 Å². The Bertz CT molecular complexity index is 891. The van der Waals surface area contributed by atoms with Crippen LogP contribution < -0.4 is 0 Å². The summed E-state index contributed by atoms with van der Waals surface area (Å²) in [6.45, 7) is 0. The van der Waals surface area contributed by atoms with E-state index in [0.717, 1.165) is 42.0 Å². The predicted octanol–water partition coefficient (Wildman–Crippen LogP) is 5.98. The lowest BCUT2D eigenvalue weighted by Crippen LogP contribution is -2.06. The summed E-state index contributed by atoms with van der Waals surface area (Å²) in [6.07, 6.45) is 16.1. The van der Waals surface area contributed by atoms with E-state index in [1.165, 1.54) is 11.1 Å². The van der Waals surface area contributed by atoms with E-state index >= 15 is 0 Å². The van der Waals surface area contributed by atoms with E-state index in [2.05, 4.69) is 70.6 Å². The maximum Gasteiger partial charge on any atom is 0.156 e. The van der Waals surface area contributed by atoms with Crippen molar-refractivity contribution in [2.75, 3.05) is 0 Å². The van der Waals surface area contributed by atoms with E-state index in [9.17, 15) is 0 Å². The van der Waals surface area contributed by atoms with Gasteiger partial charge in [0, 0.05) is 10.4 Å². The Balaban J connectivity index is 1.83. The number of rotatable bonds is 3. The number of hydrogen-bond acceptors (Lipinski definition) is 2. The van der Waals surface area contributed by atoms with Crippen molar-refractivity contribution >= 4 is 27.1 Å². The summed E-state index contributed by atoms with van der Waals surface area (Å²) in [7, 11) is 0.